The van der Waals surface area contributed by atoms with Crippen LogP contribution in [-0.2, 0) is 4.79 Å². The molecule has 1 saturated heterocycles. The number of likely N-dealkylation sites (N-methyl/N-ethyl adjacent to an activating group) is 1. The van der Waals surface area contributed by atoms with Gasteiger partial charge in [0.2, 0.25) is 5.91 Å². The van der Waals surface area contributed by atoms with E-state index in [9.17, 15) is 4.79 Å². The lowest BCUT2D eigenvalue weighted by Gasteiger charge is -2.31. The number of aromatic nitrogens is 2. The first-order valence-corrected chi connectivity index (χ1v) is 8.08. The number of ether oxygens (including phenoxy) is 2. The first kappa shape index (κ1) is 16.4. The summed E-state index contributed by atoms with van der Waals surface area (Å²) in [5.41, 5.74) is 0.828. The fourth-order valence-corrected chi connectivity index (χ4v) is 2.83. The van der Waals surface area contributed by atoms with Crippen LogP contribution in [0, 0.1) is 0 Å². The lowest BCUT2D eigenvalue weighted by Crippen LogP contribution is -2.43. The van der Waals surface area contributed by atoms with Crippen LogP contribution >= 0.6 is 0 Å². The molecule has 1 aromatic carbocycles. The van der Waals surface area contributed by atoms with Gasteiger partial charge in [0, 0.05) is 31.7 Å². The Labute approximate surface area is 141 Å². The SMILES string of the molecule is CNC(=O)CN1CCC(Oc2ccc3nc(OC)ncc3c2)CC1. The zero-order chi connectivity index (χ0) is 16.9. The average Bonchev–Trinajstić information content (AvgIpc) is 2.62. The van der Waals surface area contributed by atoms with Crippen molar-refractivity contribution in [2.45, 2.75) is 18.9 Å². The van der Waals surface area contributed by atoms with E-state index in [1.165, 1.54) is 0 Å². The molecule has 0 aliphatic carbocycles. The van der Waals surface area contributed by atoms with Crippen LogP contribution in [0.4, 0.5) is 0 Å². The first-order valence-electron chi connectivity index (χ1n) is 8.08. The summed E-state index contributed by atoms with van der Waals surface area (Å²) in [5, 5.41) is 3.58. The predicted molar refractivity (Wildman–Crippen MR) is 90.2 cm³/mol. The Bertz CT molecular complexity index is 714. The largest absolute Gasteiger partial charge is 0.490 e. The van der Waals surface area contributed by atoms with Crippen molar-refractivity contribution >= 4 is 16.8 Å². The minimum atomic E-state index is 0.0549. The van der Waals surface area contributed by atoms with Crippen molar-refractivity contribution in [2.75, 3.05) is 33.8 Å². The number of amides is 1. The van der Waals surface area contributed by atoms with Gasteiger partial charge in [-0.15, -0.1) is 0 Å². The number of carbonyl (C=O) groups is 1. The van der Waals surface area contributed by atoms with Crippen molar-refractivity contribution in [3.8, 4) is 11.8 Å². The molecule has 2 heterocycles. The number of hydrogen-bond acceptors (Lipinski definition) is 6. The maximum absolute atomic E-state index is 11.4. The molecule has 2 aromatic rings. The van der Waals surface area contributed by atoms with E-state index in [4.69, 9.17) is 9.47 Å². The molecule has 0 saturated carbocycles. The Morgan fingerprint density at radius 3 is 2.88 bits per heavy atom. The molecule has 0 bridgehead atoms. The van der Waals surface area contributed by atoms with E-state index in [-0.39, 0.29) is 12.0 Å². The summed E-state index contributed by atoms with van der Waals surface area (Å²) in [7, 11) is 3.21. The first-order chi connectivity index (χ1) is 11.7. The van der Waals surface area contributed by atoms with E-state index in [2.05, 4.69) is 20.2 Å². The van der Waals surface area contributed by atoms with Gasteiger partial charge in [-0.3, -0.25) is 9.69 Å². The predicted octanol–water partition coefficient (Wildman–Crippen LogP) is 1.23. The molecular weight excluding hydrogens is 308 g/mol. The quantitative estimate of drug-likeness (QED) is 0.888. The average molecular weight is 330 g/mol. The second-order valence-corrected chi connectivity index (χ2v) is 5.84. The summed E-state index contributed by atoms with van der Waals surface area (Å²) in [4.78, 5) is 22.0. The van der Waals surface area contributed by atoms with Gasteiger partial charge >= 0.3 is 6.01 Å². The number of likely N-dealkylation sites (tertiary alicyclic amines) is 1. The van der Waals surface area contributed by atoms with E-state index in [0.717, 1.165) is 42.6 Å². The molecule has 1 aliphatic heterocycles. The minimum Gasteiger partial charge on any atom is -0.490 e. The van der Waals surface area contributed by atoms with Crippen LogP contribution in [-0.4, -0.2) is 60.7 Å². The third kappa shape index (κ3) is 3.91. The Morgan fingerprint density at radius 1 is 1.38 bits per heavy atom. The molecule has 7 heteroatoms. The molecule has 1 aromatic heterocycles. The van der Waals surface area contributed by atoms with Crippen LogP contribution < -0.4 is 14.8 Å². The smallest absolute Gasteiger partial charge is 0.316 e. The highest BCUT2D eigenvalue weighted by molar-refractivity contribution is 5.79. The van der Waals surface area contributed by atoms with Gasteiger partial charge in [-0.1, -0.05) is 0 Å². The van der Waals surface area contributed by atoms with Crippen LogP contribution in [0.15, 0.2) is 24.4 Å². The number of benzene rings is 1. The van der Waals surface area contributed by atoms with Crippen LogP contribution in [0.3, 0.4) is 0 Å². The fraction of sp³-hybridized carbons (Fsp3) is 0.471. The molecule has 128 valence electrons. The molecule has 7 nitrogen and oxygen atoms in total. The molecule has 1 aliphatic rings. The second kappa shape index (κ2) is 7.44. The van der Waals surface area contributed by atoms with Gasteiger partial charge in [-0.2, -0.15) is 4.98 Å². The summed E-state index contributed by atoms with van der Waals surface area (Å²) in [6, 6.07) is 6.15. The van der Waals surface area contributed by atoms with Gasteiger partial charge in [-0.05, 0) is 31.0 Å². The van der Waals surface area contributed by atoms with Crippen molar-refractivity contribution in [3.63, 3.8) is 0 Å². The van der Waals surface area contributed by atoms with Crippen molar-refractivity contribution in [1.29, 1.82) is 0 Å². The molecule has 24 heavy (non-hydrogen) atoms. The molecule has 1 N–H and O–H groups in total. The zero-order valence-corrected chi connectivity index (χ0v) is 14.0. The van der Waals surface area contributed by atoms with E-state index >= 15 is 0 Å². The van der Waals surface area contributed by atoms with Gasteiger partial charge in [0.1, 0.15) is 11.9 Å². The maximum Gasteiger partial charge on any atom is 0.316 e. The number of hydrogen-bond donors (Lipinski definition) is 1. The second-order valence-electron chi connectivity index (χ2n) is 5.84. The minimum absolute atomic E-state index is 0.0549. The molecule has 0 atom stereocenters. The summed E-state index contributed by atoms with van der Waals surface area (Å²) >= 11 is 0. The normalized spacial score (nSPS) is 16.1. The van der Waals surface area contributed by atoms with Gasteiger partial charge in [-0.25, -0.2) is 4.98 Å². The number of nitrogens with one attached hydrogen (secondary N) is 1. The monoisotopic (exact) mass is 330 g/mol. The maximum atomic E-state index is 11.4. The number of methoxy groups -OCH3 is 1. The Morgan fingerprint density at radius 2 is 2.17 bits per heavy atom. The lowest BCUT2D eigenvalue weighted by molar-refractivity contribution is -0.122. The van der Waals surface area contributed by atoms with Crippen molar-refractivity contribution in [2.24, 2.45) is 0 Å². The lowest BCUT2D eigenvalue weighted by atomic mass is 10.1. The molecule has 1 amide bonds. The van der Waals surface area contributed by atoms with Crippen molar-refractivity contribution in [1.82, 2.24) is 20.2 Å². The molecular formula is C17H22N4O3. The van der Waals surface area contributed by atoms with Crippen LogP contribution in [0.25, 0.3) is 10.9 Å². The van der Waals surface area contributed by atoms with Gasteiger partial charge in [0.15, 0.2) is 0 Å². The molecule has 1 fully saturated rings. The van der Waals surface area contributed by atoms with Crippen molar-refractivity contribution < 1.29 is 14.3 Å². The van der Waals surface area contributed by atoms with Crippen LogP contribution in [0.2, 0.25) is 0 Å². The van der Waals surface area contributed by atoms with E-state index in [0.29, 0.717) is 12.6 Å². The Hall–Kier alpha value is -2.41. The molecule has 3 rings (SSSR count). The van der Waals surface area contributed by atoms with E-state index < -0.39 is 0 Å². The van der Waals surface area contributed by atoms with Gasteiger partial charge in [0.05, 0.1) is 19.2 Å². The topological polar surface area (TPSA) is 76.6 Å². The molecule has 0 radical (unpaired) electrons. The summed E-state index contributed by atoms with van der Waals surface area (Å²) in [6.07, 6.45) is 3.73. The third-order valence-corrected chi connectivity index (χ3v) is 4.20. The Balaban J connectivity index is 1.59. The highest BCUT2D eigenvalue weighted by Crippen LogP contribution is 2.23. The zero-order valence-electron chi connectivity index (χ0n) is 14.0. The van der Waals surface area contributed by atoms with E-state index in [1.54, 1.807) is 20.4 Å². The number of rotatable bonds is 5. The molecule has 0 spiro atoms. The third-order valence-electron chi connectivity index (χ3n) is 4.20. The highest BCUT2D eigenvalue weighted by atomic mass is 16.5. The number of fused-ring (bicyclic) bond motifs is 1. The Kier molecular flexibility index (Phi) is 5.10. The van der Waals surface area contributed by atoms with E-state index in [1.807, 2.05) is 18.2 Å². The standard InChI is InChI=1S/C17H22N4O3/c1-18-16(22)11-21-7-5-13(6-8-21)24-14-3-4-15-12(9-14)10-19-17(20-15)23-2/h3-4,9-10,13H,5-8,11H2,1-2H3,(H,18,22). The summed E-state index contributed by atoms with van der Waals surface area (Å²) in [5.74, 6) is 0.875. The van der Waals surface area contributed by atoms with Crippen molar-refractivity contribution in [3.05, 3.63) is 24.4 Å². The van der Waals surface area contributed by atoms with Gasteiger partial charge in [0.25, 0.3) is 0 Å². The van der Waals surface area contributed by atoms with Gasteiger partial charge < -0.3 is 14.8 Å². The summed E-state index contributed by atoms with van der Waals surface area (Å²) < 4.78 is 11.1. The van der Waals surface area contributed by atoms with Crippen LogP contribution in [0.1, 0.15) is 12.8 Å². The highest BCUT2D eigenvalue weighted by Gasteiger charge is 2.21. The fourth-order valence-electron chi connectivity index (χ4n) is 2.83. The number of piperidine rings is 1. The van der Waals surface area contributed by atoms with Crippen LogP contribution in [0.5, 0.6) is 11.8 Å². The molecule has 0 unspecified atom stereocenters. The summed E-state index contributed by atoms with van der Waals surface area (Å²) in [6.45, 7) is 2.19. The number of carbonyl (C=O) groups excluding carboxylic acids is 1. The number of nitrogens with zero attached hydrogens (tertiary/aromatic N) is 3.